The smallest absolute Gasteiger partial charge is 0.303 e. The van der Waals surface area contributed by atoms with E-state index in [1.54, 1.807) is 0 Å². The van der Waals surface area contributed by atoms with Gasteiger partial charge < -0.3 is 15.5 Å². The zero-order chi connectivity index (χ0) is 12.4. The van der Waals surface area contributed by atoms with Gasteiger partial charge in [0.25, 0.3) is 0 Å². The molecule has 0 heterocycles. The van der Waals surface area contributed by atoms with Gasteiger partial charge in [-0.1, -0.05) is 26.7 Å². The van der Waals surface area contributed by atoms with Crippen molar-refractivity contribution in [3.8, 4) is 0 Å². The second kappa shape index (κ2) is 9.60. The summed E-state index contributed by atoms with van der Waals surface area (Å²) in [5.74, 6) is -0.372. The van der Waals surface area contributed by atoms with Gasteiger partial charge in [0, 0.05) is 13.0 Å². The number of aliphatic carboxylic acids is 1. The Labute approximate surface area is 98.1 Å². The predicted octanol–water partition coefficient (Wildman–Crippen LogP) is 1.63. The lowest BCUT2D eigenvalue weighted by molar-refractivity contribution is -0.137. The van der Waals surface area contributed by atoms with Crippen molar-refractivity contribution in [2.75, 3.05) is 13.1 Å². The first-order valence-corrected chi connectivity index (χ1v) is 6.22. The molecule has 96 valence electrons. The lowest BCUT2D eigenvalue weighted by atomic mass is 9.96. The molecule has 0 fully saturated rings. The highest BCUT2D eigenvalue weighted by Gasteiger charge is 2.14. The van der Waals surface area contributed by atoms with E-state index >= 15 is 0 Å². The van der Waals surface area contributed by atoms with Gasteiger partial charge in [-0.15, -0.1) is 0 Å². The van der Waals surface area contributed by atoms with Crippen LogP contribution in [0.5, 0.6) is 0 Å². The fourth-order valence-electron chi connectivity index (χ4n) is 1.78. The van der Waals surface area contributed by atoms with Crippen LogP contribution >= 0.6 is 0 Å². The molecule has 0 saturated carbocycles. The van der Waals surface area contributed by atoms with Crippen molar-refractivity contribution in [3.63, 3.8) is 0 Å². The van der Waals surface area contributed by atoms with Crippen LogP contribution in [-0.2, 0) is 4.79 Å². The number of carbonyl (C=O) groups is 1. The van der Waals surface area contributed by atoms with Gasteiger partial charge in [-0.25, -0.2) is 0 Å². The largest absolute Gasteiger partial charge is 0.481 e. The van der Waals surface area contributed by atoms with E-state index in [0.717, 1.165) is 25.8 Å². The van der Waals surface area contributed by atoms with E-state index in [9.17, 15) is 9.90 Å². The normalized spacial score (nSPS) is 13.0. The van der Waals surface area contributed by atoms with Crippen LogP contribution in [0.15, 0.2) is 0 Å². The maximum atomic E-state index is 10.2. The van der Waals surface area contributed by atoms with Crippen LogP contribution < -0.4 is 5.32 Å². The molecule has 3 N–H and O–H groups in total. The van der Waals surface area contributed by atoms with E-state index in [2.05, 4.69) is 19.2 Å². The summed E-state index contributed by atoms with van der Waals surface area (Å²) in [6, 6.07) is 0. The van der Waals surface area contributed by atoms with Crippen LogP contribution in [0.3, 0.4) is 0 Å². The Balaban J connectivity index is 3.40. The maximum absolute atomic E-state index is 10.2. The van der Waals surface area contributed by atoms with Gasteiger partial charge in [-0.3, -0.25) is 4.79 Å². The highest BCUT2D eigenvalue weighted by atomic mass is 16.4. The summed E-state index contributed by atoms with van der Waals surface area (Å²) < 4.78 is 0. The van der Waals surface area contributed by atoms with E-state index in [4.69, 9.17) is 5.11 Å². The Morgan fingerprint density at radius 2 is 1.88 bits per heavy atom. The molecule has 4 nitrogen and oxygen atoms in total. The van der Waals surface area contributed by atoms with Crippen LogP contribution in [0, 0.1) is 5.92 Å². The van der Waals surface area contributed by atoms with Crippen molar-refractivity contribution in [3.05, 3.63) is 0 Å². The maximum Gasteiger partial charge on any atom is 0.303 e. The Hall–Kier alpha value is -0.610. The molecule has 0 bridgehead atoms. The number of hydrogen-bond donors (Lipinski definition) is 3. The predicted molar refractivity (Wildman–Crippen MR) is 64.4 cm³/mol. The highest BCUT2D eigenvalue weighted by Crippen LogP contribution is 2.12. The van der Waals surface area contributed by atoms with Gasteiger partial charge in [0.1, 0.15) is 0 Å². The first-order chi connectivity index (χ1) is 7.61. The zero-order valence-electron chi connectivity index (χ0n) is 10.4. The molecule has 0 aliphatic rings. The molecule has 1 unspecified atom stereocenters. The van der Waals surface area contributed by atoms with Gasteiger partial charge in [0.05, 0.1) is 6.10 Å². The van der Waals surface area contributed by atoms with Crippen LogP contribution in [0.25, 0.3) is 0 Å². The van der Waals surface area contributed by atoms with Crippen molar-refractivity contribution in [2.45, 2.75) is 52.1 Å². The molecular weight excluding hydrogens is 206 g/mol. The van der Waals surface area contributed by atoms with Crippen LogP contribution in [-0.4, -0.2) is 35.4 Å². The quantitative estimate of drug-likeness (QED) is 0.500. The molecule has 0 saturated heterocycles. The number of nitrogens with one attached hydrogen (secondary N) is 1. The topological polar surface area (TPSA) is 69.6 Å². The second-order valence-electron chi connectivity index (χ2n) is 4.20. The zero-order valence-corrected chi connectivity index (χ0v) is 10.4. The standard InChI is InChI=1S/C12H25NO3/c1-3-10(4-2)11(14)9-13-8-6-5-7-12(15)16/h10-11,13-14H,3-9H2,1-2H3,(H,15,16). The first kappa shape index (κ1) is 15.4. The minimum atomic E-state index is -0.739. The number of unbranched alkanes of at least 4 members (excludes halogenated alkanes) is 1. The summed E-state index contributed by atoms with van der Waals surface area (Å²) in [6.07, 6.45) is 3.49. The van der Waals surface area contributed by atoms with Gasteiger partial charge in [0.2, 0.25) is 0 Å². The van der Waals surface area contributed by atoms with Crippen LogP contribution in [0.4, 0.5) is 0 Å². The van der Waals surface area contributed by atoms with E-state index in [1.807, 2.05) is 0 Å². The van der Waals surface area contributed by atoms with Crippen molar-refractivity contribution >= 4 is 5.97 Å². The minimum Gasteiger partial charge on any atom is -0.481 e. The molecule has 0 radical (unpaired) electrons. The fourth-order valence-corrected chi connectivity index (χ4v) is 1.78. The summed E-state index contributed by atoms with van der Waals surface area (Å²) in [7, 11) is 0. The third kappa shape index (κ3) is 7.65. The summed E-state index contributed by atoms with van der Waals surface area (Å²) in [5.41, 5.74) is 0. The molecule has 0 aromatic carbocycles. The molecule has 0 spiro atoms. The molecule has 1 atom stereocenters. The molecule has 0 rings (SSSR count). The number of rotatable bonds is 10. The minimum absolute atomic E-state index is 0.233. The Kier molecular flexibility index (Phi) is 9.24. The van der Waals surface area contributed by atoms with Crippen LogP contribution in [0.2, 0.25) is 0 Å². The fraction of sp³-hybridized carbons (Fsp3) is 0.917. The van der Waals surface area contributed by atoms with Gasteiger partial charge >= 0.3 is 5.97 Å². The van der Waals surface area contributed by atoms with E-state index in [0.29, 0.717) is 18.9 Å². The molecule has 0 amide bonds. The van der Waals surface area contributed by atoms with Gasteiger partial charge in [-0.05, 0) is 25.3 Å². The van der Waals surface area contributed by atoms with E-state index in [1.165, 1.54) is 0 Å². The second-order valence-corrected chi connectivity index (χ2v) is 4.20. The molecule has 0 aromatic heterocycles. The van der Waals surface area contributed by atoms with Crippen molar-refractivity contribution in [2.24, 2.45) is 5.92 Å². The van der Waals surface area contributed by atoms with Crippen molar-refractivity contribution in [1.82, 2.24) is 5.32 Å². The van der Waals surface area contributed by atoms with Gasteiger partial charge in [0.15, 0.2) is 0 Å². The SMILES string of the molecule is CCC(CC)C(O)CNCCCCC(=O)O. The molecular formula is C12H25NO3. The number of aliphatic hydroxyl groups excluding tert-OH is 1. The third-order valence-electron chi connectivity index (χ3n) is 2.94. The van der Waals surface area contributed by atoms with Crippen molar-refractivity contribution in [1.29, 1.82) is 0 Å². The van der Waals surface area contributed by atoms with E-state index in [-0.39, 0.29) is 12.5 Å². The number of aliphatic hydroxyl groups is 1. The lowest BCUT2D eigenvalue weighted by Gasteiger charge is -2.20. The molecule has 0 aliphatic carbocycles. The summed E-state index contributed by atoms with van der Waals surface area (Å²) in [6.45, 7) is 5.57. The molecule has 16 heavy (non-hydrogen) atoms. The Morgan fingerprint density at radius 1 is 1.25 bits per heavy atom. The van der Waals surface area contributed by atoms with Crippen molar-refractivity contribution < 1.29 is 15.0 Å². The highest BCUT2D eigenvalue weighted by molar-refractivity contribution is 5.66. The number of carboxylic acids is 1. The molecule has 4 heteroatoms. The number of hydrogen-bond acceptors (Lipinski definition) is 3. The van der Waals surface area contributed by atoms with Gasteiger partial charge in [-0.2, -0.15) is 0 Å². The first-order valence-electron chi connectivity index (χ1n) is 6.22. The summed E-state index contributed by atoms with van der Waals surface area (Å²) in [5, 5.41) is 21.4. The molecule has 0 aliphatic heterocycles. The van der Waals surface area contributed by atoms with Crippen LogP contribution in [0.1, 0.15) is 46.0 Å². The monoisotopic (exact) mass is 231 g/mol. The Morgan fingerprint density at radius 3 is 2.38 bits per heavy atom. The third-order valence-corrected chi connectivity index (χ3v) is 2.94. The Bertz CT molecular complexity index is 181. The summed E-state index contributed by atoms with van der Waals surface area (Å²) >= 11 is 0. The van der Waals surface area contributed by atoms with E-state index < -0.39 is 5.97 Å². The average molecular weight is 231 g/mol. The lowest BCUT2D eigenvalue weighted by Crippen LogP contribution is -2.33. The summed E-state index contributed by atoms with van der Waals surface area (Å²) in [4.78, 5) is 10.2. The molecule has 0 aromatic rings. The number of carboxylic acid groups (broad SMARTS) is 1. The average Bonchev–Trinajstić information content (AvgIpc) is 2.24.